The zero-order chi connectivity index (χ0) is 12.2. The number of ether oxygens (including phenoxy) is 1. The second-order valence-corrected chi connectivity index (χ2v) is 5.13. The first-order chi connectivity index (χ1) is 7.49. The van der Waals surface area contributed by atoms with Crippen LogP contribution in [0.3, 0.4) is 0 Å². The van der Waals surface area contributed by atoms with Gasteiger partial charge in [0, 0.05) is 19.7 Å². The molecule has 1 amide bonds. The largest absolute Gasteiger partial charge is 0.378 e. The molecule has 1 saturated carbocycles. The molecule has 0 saturated heterocycles. The number of carbonyl (C=O) groups excluding carboxylic acids is 1. The lowest BCUT2D eigenvalue weighted by Gasteiger charge is -2.40. The molecule has 0 aromatic rings. The number of rotatable bonds is 6. The van der Waals surface area contributed by atoms with Crippen LogP contribution in [0.25, 0.3) is 0 Å². The Hall–Kier alpha value is -0.610. The molecule has 0 spiro atoms. The molecule has 1 unspecified atom stereocenters. The fourth-order valence-corrected chi connectivity index (χ4v) is 1.85. The molecule has 16 heavy (non-hydrogen) atoms. The number of nitrogens with two attached hydrogens (primary N) is 1. The third-order valence-electron chi connectivity index (χ3n) is 3.57. The van der Waals surface area contributed by atoms with Crippen LogP contribution in [0.15, 0.2) is 0 Å². The van der Waals surface area contributed by atoms with Crippen molar-refractivity contribution in [2.75, 3.05) is 13.7 Å². The second kappa shape index (κ2) is 5.64. The molecule has 1 aliphatic carbocycles. The van der Waals surface area contributed by atoms with E-state index in [0.29, 0.717) is 18.9 Å². The van der Waals surface area contributed by atoms with Gasteiger partial charge in [0.05, 0.1) is 12.0 Å². The van der Waals surface area contributed by atoms with Gasteiger partial charge in [0.15, 0.2) is 0 Å². The monoisotopic (exact) mass is 228 g/mol. The van der Waals surface area contributed by atoms with E-state index in [4.69, 9.17) is 10.5 Å². The van der Waals surface area contributed by atoms with Gasteiger partial charge < -0.3 is 15.8 Å². The topological polar surface area (TPSA) is 64.3 Å². The van der Waals surface area contributed by atoms with Crippen molar-refractivity contribution < 1.29 is 9.53 Å². The SMILES string of the molecule is COC1(CC(=O)NCC(N)C(C)C)CCC1. The van der Waals surface area contributed by atoms with E-state index in [-0.39, 0.29) is 17.6 Å². The van der Waals surface area contributed by atoms with Gasteiger partial charge in [-0.15, -0.1) is 0 Å². The first-order valence-corrected chi connectivity index (χ1v) is 6.06. The summed E-state index contributed by atoms with van der Waals surface area (Å²) in [6.45, 7) is 4.66. The number of nitrogens with one attached hydrogen (secondary N) is 1. The minimum atomic E-state index is -0.188. The lowest BCUT2D eigenvalue weighted by Crippen LogP contribution is -2.46. The van der Waals surface area contributed by atoms with Gasteiger partial charge in [0.1, 0.15) is 0 Å². The molecule has 4 heteroatoms. The first kappa shape index (κ1) is 13.5. The van der Waals surface area contributed by atoms with Crippen LogP contribution in [0, 0.1) is 5.92 Å². The zero-order valence-electron chi connectivity index (χ0n) is 10.6. The van der Waals surface area contributed by atoms with Crippen LogP contribution in [-0.4, -0.2) is 31.2 Å². The quantitative estimate of drug-likeness (QED) is 0.714. The van der Waals surface area contributed by atoms with Gasteiger partial charge in [-0.2, -0.15) is 0 Å². The maximum Gasteiger partial charge on any atom is 0.222 e. The Morgan fingerprint density at radius 2 is 2.12 bits per heavy atom. The van der Waals surface area contributed by atoms with E-state index in [1.807, 2.05) is 0 Å². The van der Waals surface area contributed by atoms with Gasteiger partial charge in [-0.25, -0.2) is 0 Å². The average Bonchev–Trinajstić information content (AvgIpc) is 2.19. The number of hydrogen-bond acceptors (Lipinski definition) is 3. The number of methoxy groups -OCH3 is 1. The van der Waals surface area contributed by atoms with Crippen LogP contribution in [-0.2, 0) is 9.53 Å². The molecular weight excluding hydrogens is 204 g/mol. The van der Waals surface area contributed by atoms with Gasteiger partial charge in [-0.3, -0.25) is 4.79 Å². The molecular formula is C12H24N2O2. The average molecular weight is 228 g/mol. The van der Waals surface area contributed by atoms with E-state index in [0.717, 1.165) is 19.3 Å². The zero-order valence-corrected chi connectivity index (χ0v) is 10.6. The molecule has 1 fully saturated rings. The summed E-state index contributed by atoms with van der Waals surface area (Å²) in [5.74, 6) is 0.443. The molecule has 1 atom stereocenters. The third-order valence-corrected chi connectivity index (χ3v) is 3.57. The Kier molecular flexibility index (Phi) is 4.74. The predicted molar refractivity (Wildman–Crippen MR) is 64.0 cm³/mol. The molecule has 0 aromatic carbocycles. The molecule has 1 aliphatic rings. The summed E-state index contributed by atoms with van der Waals surface area (Å²) in [6, 6.07) is 0.0313. The molecule has 0 bridgehead atoms. The summed E-state index contributed by atoms with van der Waals surface area (Å²) in [5, 5.41) is 2.88. The van der Waals surface area contributed by atoms with E-state index in [1.165, 1.54) is 0 Å². The van der Waals surface area contributed by atoms with Crippen molar-refractivity contribution >= 4 is 5.91 Å². The fourth-order valence-electron chi connectivity index (χ4n) is 1.85. The number of carbonyl (C=O) groups is 1. The Morgan fingerprint density at radius 1 is 1.50 bits per heavy atom. The van der Waals surface area contributed by atoms with Crippen molar-refractivity contribution in [2.24, 2.45) is 11.7 Å². The molecule has 0 aromatic heterocycles. The first-order valence-electron chi connectivity index (χ1n) is 6.06. The molecule has 0 radical (unpaired) electrons. The highest BCUT2D eigenvalue weighted by Crippen LogP contribution is 2.37. The smallest absolute Gasteiger partial charge is 0.222 e. The van der Waals surface area contributed by atoms with Crippen LogP contribution in [0.5, 0.6) is 0 Å². The molecule has 4 nitrogen and oxygen atoms in total. The van der Waals surface area contributed by atoms with Gasteiger partial charge in [0.25, 0.3) is 0 Å². The van der Waals surface area contributed by atoms with E-state index < -0.39 is 0 Å². The van der Waals surface area contributed by atoms with E-state index in [9.17, 15) is 4.79 Å². The molecule has 0 aliphatic heterocycles. The molecule has 94 valence electrons. The highest BCUT2D eigenvalue weighted by Gasteiger charge is 2.38. The van der Waals surface area contributed by atoms with E-state index in [1.54, 1.807) is 7.11 Å². The van der Waals surface area contributed by atoms with Crippen molar-refractivity contribution in [3.63, 3.8) is 0 Å². The van der Waals surface area contributed by atoms with Crippen LogP contribution in [0.4, 0.5) is 0 Å². The van der Waals surface area contributed by atoms with Crippen molar-refractivity contribution in [1.82, 2.24) is 5.32 Å². The van der Waals surface area contributed by atoms with E-state index in [2.05, 4.69) is 19.2 Å². The van der Waals surface area contributed by atoms with Crippen LogP contribution in [0.1, 0.15) is 39.5 Å². The maximum absolute atomic E-state index is 11.7. The number of amides is 1. The minimum Gasteiger partial charge on any atom is -0.378 e. The minimum absolute atomic E-state index is 0.0313. The second-order valence-electron chi connectivity index (χ2n) is 5.13. The van der Waals surface area contributed by atoms with Crippen molar-refractivity contribution in [1.29, 1.82) is 0 Å². The Balaban J connectivity index is 2.25. The summed E-state index contributed by atoms with van der Waals surface area (Å²) < 4.78 is 5.41. The lowest BCUT2D eigenvalue weighted by atomic mass is 9.77. The summed E-state index contributed by atoms with van der Waals surface area (Å²) in [7, 11) is 1.69. The van der Waals surface area contributed by atoms with Crippen LogP contribution >= 0.6 is 0 Å². The highest BCUT2D eigenvalue weighted by atomic mass is 16.5. The maximum atomic E-state index is 11.7. The van der Waals surface area contributed by atoms with Gasteiger partial charge in [-0.1, -0.05) is 13.8 Å². The van der Waals surface area contributed by atoms with Gasteiger partial charge >= 0.3 is 0 Å². The van der Waals surface area contributed by atoms with Crippen LogP contribution < -0.4 is 11.1 Å². The Bertz CT molecular complexity index is 232. The Morgan fingerprint density at radius 3 is 2.50 bits per heavy atom. The van der Waals surface area contributed by atoms with Gasteiger partial charge in [-0.05, 0) is 25.2 Å². The predicted octanol–water partition coefficient (Wildman–Crippen LogP) is 1.05. The molecule has 0 heterocycles. The van der Waals surface area contributed by atoms with Crippen molar-refractivity contribution in [2.45, 2.75) is 51.2 Å². The van der Waals surface area contributed by atoms with Crippen molar-refractivity contribution in [3.05, 3.63) is 0 Å². The summed E-state index contributed by atoms with van der Waals surface area (Å²) >= 11 is 0. The summed E-state index contributed by atoms with van der Waals surface area (Å²) in [4.78, 5) is 11.7. The lowest BCUT2D eigenvalue weighted by molar-refractivity contribution is -0.134. The Labute approximate surface area is 97.9 Å². The normalized spacial score (nSPS) is 20.3. The number of hydrogen-bond donors (Lipinski definition) is 2. The van der Waals surface area contributed by atoms with Crippen molar-refractivity contribution in [3.8, 4) is 0 Å². The molecule has 1 rings (SSSR count). The van der Waals surface area contributed by atoms with Crippen LogP contribution in [0.2, 0.25) is 0 Å². The third kappa shape index (κ3) is 3.46. The highest BCUT2D eigenvalue weighted by molar-refractivity contribution is 5.77. The van der Waals surface area contributed by atoms with Gasteiger partial charge in [0.2, 0.25) is 5.91 Å². The summed E-state index contributed by atoms with van der Waals surface area (Å²) in [6.07, 6.45) is 3.61. The molecule has 3 N–H and O–H groups in total. The summed E-state index contributed by atoms with van der Waals surface area (Å²) in [5.41, 5.74) is 5.67. The van der Waals surface area contributed by atoms with E-state index >= 15 is 0 Å². The standard InChI is InChI=1S/C12H24N2O2/c1-9(2)10(13)8-14-11(15)7-12(16-3)5-4-6-12/h9-10H,4-8,13H2,1-3H3,(H,14,15). The fraction of sp³-hybridized carbons (Fsp3) is 0.917.